The fraction of sp³-hybridized carbons (Fsp3) is 1.00. The molecule has 0 aromatic heterocycles. The molecule has 0 aliphatic heterocycles. The second-order valence-corrected chi connectivity index (χ2v) is 7.30. The molecule has 1 atom stereocenters. The Bertz CT molecular complexity index is 221. The minimum atomic E-state index is -0.0840. The van der Waals surface area contributed by atoms with Gasteiger partial charge in [-0.05, 0) is 12.8 Å². The summed E-state index contributed by atoms with van der Waals surface area (Å²) >= 11 is 0. The minimum absolute atomic E-state index is 0.0840. The molecule has 0 aliphatic rings. The van der Waals surface area contributed by atoms with Gasteiger partial charge < -0.3 is 4.48 Å². The Hall–Kier alpha value is -0.0800. The molecular weight excluding hydrogens is 244 g/mol. The first kappa shape index (κ1) is 19.9. The summed E-state index contributed by atoms with van der Waals surface area (Å²) in [6.07, 6.45) is 15.1. The molecule has 0 fully saturated rings. The van der Waals surface area contributed by atoms with Crippen molar-refractivity contribution >= 4 is 0 Å². The van der Waals surface area contributed by atoms with Crippen LogP contribution < -0.4 is 5.73 Å². The van der Waals surface area contributed by atoms with Gasteiger partial charge in [-0.1, -0.05) is 65.2 Å². The number of nitrogens with two attached hydrogens (primary N) is 1. The van der Waals surface area contributed by atoms with Crippen LogP contribution in [0.15, 0.2) is 0 Å². The number of rotatable bonds is 13. The van der Waals surface area contributed by atoms with Crippen molar-refractivity contribution in [1.82, 2.24) is 0 Å². The van der Waals surface area contributed by atoms with E-state index in [9.17, 15) is 0 Å². The summed E-state index contributed by atoms with van der Waals surface area (Å²) in [7, 11) is 4.55. The summed E-state index contributed by atoms with van der Waals surface area (Å²) in [5.41, 5.74) is 6.30. The van der Waals surface area contributed by atoms with Gasteiger partial charge in [-0.25, -0.2) is 0 Å². The fourth-order valence-electron chi connectivity index (χ4n) is 2.68. The SMILES string of the molecule is CCCCCCCCCCCC[N+](C)(C)C(C)(N)CC. The molecule has 0 radical (unpaired) electrons. The summed E-state index contributed by atoms with van der Waals surface area (Å²) < 4.78 is 0.945. The highest BCUT2D eigenvalue weighted by molar-refractivity contribution is 4.64. The fourth-order valence-corrected chi connectivity index (χ4v) is 2.68. The topological polar surface area (TPSA) is 26.0 Å². The van der Waals surface area contributed by atoms with Gasteiger partial charge >= 0.3 is 0 Å². The van der Waals surface area contributed by atoms with Crippen LogP contribution in [0, 0.1) is 0 Å². The Morgan fingerprint density at radius 3 is 1.55 bits per heavy atom. The van der Waals surface area contributed by atoms with Crippen LogP contribution >= 0.6 is 0 Å². The number of unbranched alkanes of at least 4 members (excludes halogenated alkanes) is 9. The van der Waals surface area contributed by atoms with E-state index in [1.165, 1.54) is 70.8 Å². The maximum Gasteiger partial charge on any atom is 0.146 e. The lowest BCUT2D eigenvalue weighted by Crippen LogP contribution is -2.63. The standard InChI is InChI=1S/C18H41N2/c1-6-8-9-10-11-12-13-14-15-16-17-20(4,5)18(3,19)7-2/h6-17,19H2,1-5H3/q+1. The molecule has 0 heterocycles. The molecule has 0 saturated carbocycles. The first-order chi connectivity index (χ1) is 9.37. The molecule has 2 N–H and O–H groups in total. The maximum atomic E-state index is 6.39. The lowest BCUT2D eigenvalue weighted by Gasteiger charge is -2.43. The Balaban J connectivity index is 3.48. The maximum absolute atomic E-state index is 6.39. The largest absolute Gasteiger partial charge is 0.312 e. The Morgan fingerprint density at radius 1 is 0.750 bits per heavy atom. The summed E-state index contributed by atoms with van der Waals surface area (Å²) in [5.74, 6) is 0. The molecule has 122 valence electrons. The Labute approximate surface area is 128 Å². The Kier molecular flexibility index (Phi) is 10.6. The van der Waals surface area contributed by atoms with E-state index in [2.05, 4.69) is 34.9 Å². The summed E-state index contributed by atoms with van der Waals surface area (Å²) in [6, 6.07) is 0. The van der Waals surface area contributed by atoms with Gasteiger partial charge in [0.05, 0.1) is 20.6 Å². The first-order valence-electron chi connectivity index (χ1n) is 8.99. The smallest absolute Gasteiger partial charge is 0.146 e. The van der Waals surface area contributed by atoms with Gasteiger partial charge in [-0.15, -0.1) is 0 Å². The van der Waals surface area contributed by atoms with Crippen LogP contribution in [0.5, 0.6) is 0 Å². The van der Waals surface area contributed by atoms with Gasteiger partial charge in [0.1, 0.15) is 5.66 Å². The predicted octanol–water partition coefficient (Wildman–Crippen LogP) is 5.07. The molecule has 0 spiro atoms. The van der Waals surface area contributed by atoms with Gasteiger partial charge in [0.25, 0.3) is 0 Å². The van der Waals surface area contributed by atoms with Crippen LogP contribution in [0.2, 0.25) is 0 Å². The number of quaternary nitrogens is 1. The zero-order valence-electron chi connectivity index (χ0n) is 15.0. The van der Waals surface area contributed by atoms with Gasteiger partial charge in [-0.3, -0.25) is 5.73 Å². The van der Waals surface area contributed by atoms with E-state index < -0.39 is 0 Å². The van der Waals surface area contributed by atoms with Gasteiger partial charge in [0.2, 0.25) is 0 Å². The van der Waals surface area contributed by atoms with E-state index in [1.807, 2.05) is 0 Å². The van der Waals surface area contributed by atoms with Crippen LogP contribution in [-0.2, 0) is 0 Å². The van der Waals surface area contributed by atoms with Gasteiger partial charge in [-0.2, -0.15) is 0 Å². The molecular formula is C18H41N2+. The second-order valence-electron chi connectivity index (χ2n) is 7.30. The molecule has 0 rings (SSSR count). The zero-order valence-corrected chi connectivity index (χ0v) is 15.0. The molecule has 20 heavy (non-hydrogen) atoms. The second kappa shape index (κ2) is 10.6. The Morgan fingerprint density at radius 2 is 1.15 bits per heavy atom. The van der Waals surface area contributed by atoms with E-state index >= 15 is 0 Å². The molecule has 0 aromatic carbocycles. The van der Waals surface area contributed by atoms with Crippen LogP contribution in [0.1, 0.15) is 91.4 Å². The first-order valence-corrected chi connectivity index (χ1v) is 8.99. The van der Waals surface area contributed by atoms with Crippen molar-refractivity contribution < 1.29 is 4.48 Å². The van der Waals surface area contributed by atoms with Crippen molar-refractivity contribution in [2.75, 3.05) is 20.6 Å². The van der Waals surface area contributed by atoms with Crippen LogP contribution in [-0.4, -0.2) is 30.8 Å². The molecule has 0 saturated heterocycles. The summed E-state index contributed by atoms with van der Waals surface area (Å²) in [4.78, 5) is 0. The highest BCUT2D eigenvalue weighted by Gasteiger charge is 2.34. The third kappa shape index (κ3) is 8.26. The van der Waals surface area contributed by atoms with Crippen molar-refractivity contribution in [2.45, 2.75) is 97.1 Å². The highest BCUT2D eigenvalue weighted by Crippen LogP contribution is 2.20. The molecule has 0 aliphatic carbocycles. The van der Waals surface area contributed by atoms with Crippen LogP contribution in [0.25, 0.3) is 0 Å². The van der Waals surface area contributed by atoms with Crippen molar-refractivity contribution in [3.8, 4) is 0 Å². The third-order valence-electron chi connectivity index (χ3n) is 5.17. The predicted molar refractivity (Wildman–Crippen MR) is 91.7 cm³/mol. The third-order valence-corrected chi connectivity index (χ3v) is 5.17. The number of hydrogen-bond acceptors (Lipinski definition) is 1. The average molecular weight is 286 g/mol. The summed E-state index contributed by atoms with van der Waals surface area (Å²) in [5, 5.41) is 0. The van der Waals surface area contributed by atoms with Crippen molar-refractivity contribution in [3.05, 3.63) is 0 Å². The van der Waals surface area contributed by atoms with Crippen LogP contribution in [0.3, 0.4) is 0 Å². The average Bonchev–Trinajstić information content (AvgIpc) is 2.40. The lowest BCUT2D eigenvalue weighted by atomic mass is 10.0. The zero-order chi connectivity index (χ0) is 15.5. The van der Waals surface area contributed by atoms with E-state index in [0.29, 0.717) is 0 Å². The van der Waals surface area contributed by atoms with E-state index in [0.717, 1.165) is 10.9 Å². The van der Waals surface area contributed by atoms with E-state index in [4.69, 9.17) is 5.73 Å². The molecule has 0 amide bonds. The highest BCUT2D eigenvalue weighted by atomic mass is 15.4. The summed E-state index contributed by atoms with van der Waals surface area (Å²) in [6.45, 7) is 7.87. The lowest BCUT2D eigenvalue weighted by molar-refractivity contribution is -0.940. The van der Waals surface area contributed by atoms with Crippen LogP contribution in [0.4, 0.5) is 0 Å². The number of hydrogen-bond donors (Lipinski definition) is 1. The van der Waals surface area contributed by atoms with Crippen molar-refractivity contribution in [3.63, 3.8) is 0 Å². The molecule has 0 bridgehead atoms. The molecule has 1 unspecified atom stereocenters. The molecule has 2 heteroatoms. The normalized spacial score (nSPS) is 15.3. The van der Waals surface area contributed by atoms with Crippen molar-refractivity contribution in [2.24, 2.45) is 5.73 Å². The van der Waals surface area contributed by atoms with Gasteiger partial charge in [0, 0.05) is 13.3 Å². The minimum Gasteiger partial charge on any atom is -0.312 e. The van der Waals surface area contributed by atoms with E-state index in [1.54, 1.807) is 0 Å². The van der Waals surface area contributed by atoms with Crippen molar-refractivity contribution in [1.29, 1.82) is 0 Å². The monoisotopic (exact) mass is 285 g/mol. The molecule has 2 nitrogen and oxygen atoms in total. The molecule has 0 aromatic rings. The number of nitrogens with zero attached hydrogens (tertiary/aromatic N) is 1. The van der Waals surface area contributed by atoms with Gasteiger partial charge in [0.15, 0.2) is 0 Å². The van der Waals surface area contributed by atoms with E-state index in [-0.39, 0.29) is 5.66 Å². The quantitative estimate of drug-likeness (QED) is 0.285.